The number of hydrogen-bond acceptors (Lipinski definition) is 4. The molecular weight excluding hydrogens is 471 g/mol. The third-order valence-electron chi connectivity index (χ3n) is 6.80. The molecule has 1 N–H and O–H groups in total. The van der Waals surface area contributed by atoms with Crippen molar-refractivity contribution < 1.29 is 18.3 Å². The molecule has 9 heteroatoms. The van der Waals surface area contributed by atoms with Crippen molar-refractivity contribution in [3.8, 4) is 5.75 Å². The molecule has 0 aromatic heterocycles. The van der Waals surface area contributed by atoms with Gasteiger partial charge in [0.1, 0.15) is 5.75 Å². The second-order valence-electron chi connectivity index (χ2n) is 8.90. The Morgan fingerprint density at radius 2 is 1.82 bits per heavy atom. The number of ether oxygens (including phenoxy) is 1. The maximum Gasteiger partial charge on any atom is 0.265 e. The Hall–Kier alpha value is -2.09. The number of halogens is 4. The van der Waals surface area contributed by atoms with Crippen molar-refractivity contribution in [2.45, 2.75) is 30.6 Å². The van der Waals surface area contributed by atoms with Crippen molar-refractivity contribution in [2.75, 3.05) is 49.5 Å². The van der Waals surface area contributed by atoms with E-state index in [0.717, 1.165) is 51.3 Å². The molecule has 0 spiro atoms. The summed E-state index contributed by atoms with van der Waals surface area (Å²) < 4.78 is 34.7. The van der Waals surface area contributed by atoms with Crippen LogP contribution in [0.25, 0.3) is 0 Å². The molecule has 2 aromatic carbocycles. The first-order valence-electron chi connectivity index (χ1n) is 11.2. The minimum absolute atomic E-state index is 0.190. The van der Waals surface area contributed by atoms with E-state index in [0.29, 0.717) is 28.1 Å². The molecule has 2 atom stereocenters. The Kier molecular flexibility index (Phi) is 5.91. The highest BCUT2D eigenvalue weighted by Crippen LogP contribution is 2.65. The average molecular weight is 496 g/mol. The quantitative estimate of drug-likeness (QED) is 0.536. The van der Waals surface area contributed by atoms with Gasteiger partial charge in [0.15, 0.2) is 5.67 Å². The van der Waals surface area contributed by atoms with Gasteiger partial charge in [0, 0.05) is 44.2 Å². The number of anilines is 2. The van der Waals surface area contributed by atoms with Gasteiger partial charge in [-0.25, -0.2) is 8.78 Å². The van der Waals surface area contributed by atoms with Gasteiger partial charge >= 0.3 is 0 Å². The highest BCUT2D eigenvalue weighted by atomic mass is 35.5. The molecular formula is C24H25Cl2F2N3O2. The van der Waals surface area contributed by atoms with Crippen LogP contribution in [-0.2, 0) is 10.5 Å². The first-order chi connectivity index (χ1) is 15.8. The lowest BCUT2D eigenvalue weighted by atomic mass is 9.99. The van der Waals surface area contributed by atoms with Crippen molar-refractivity contribution in [3.63, 3.8) is 0 Å². The minimum Gasteiger partial charge on any atom is -0.494 e. The highest BCUT2D eigenvalue weighted by Gasteiger charge is 2.79. The number of amides is 1. The van der Waals surface area contributed by atoms with Gasteiger partial charge in [-0.2, -0.15) is 0 Å². The van der Waals surface area contributed by atoms with E-state index in [9.17, 15) is 13.6 Å². The van der Waals surface area contributed by atoms with E-state index >= 15 is 0 Å². The van der Waals surface area contributed by atoms with Crippen LogP contribution in [0.2, 0.25) is 10.0 Å². The van der Waals surface area contributed by atoms with E-state index in [1.54, 1.807) is 18.2 Å². The zero-order valence-electron chi connectivity index (χ0n) is 18.1. The van der Waals surface area contributed by atoms with Gasteiger partial charge in [-0.05, 0) is 43.7 Å². The SMILES string of the molecule is O=C1Nc2cc(OCCCCN3CCN(c4cccc(Cl)c4Cl)CC3)ccc2C2(F)CC12F. The van der Waals surface area contributed by atoms with Gasteiger partial charge in [0.25, 0.3) is 5.91 Å². The van der Waals surface area contributed by atoms with Gasteiger partial charge in [0.2, 0.25) is 5.67 Å². The maximum absolute atomic E-state index is 14.7. The molecule has 0 bridgehead atoms. The van der Waals surface area contributed by atoms with Gasteiger partial charge in [-0.3, -0.25) is 9.69 Å². The summed E-state index contributed by atoms with van der Waals surface area (Å²) in [6.07, 6.45) is 1.43. The number of nitrogens with zero attached hydrogens (tertiary/aromatic N) is 2. The number of rotatable bonds is 7. The Bertz CT molecular complexity index is 1080. The first-order valence-corrected chi connectivity index (χ1v) is 12.0. The molecule has 1 aliphatic carbocycles. The van der Waals surface area contributed by atoms with Crippen molar-refractivity contribution in [1.29, 1.82) is 0 Å². The molecule has 2 aromatic rings. The number of unbranched alkanes of at least 4 members (excludes halogenated alkanes) is 1. The molecule has 1 saturated heterocycles. The molecule has 2 fully saturated rings. The van der Waals surface area contributed by atoms with Gasteiger partial charge in [-0.1, -0.05) is 29.3 Å². The fourth-order valence-electron chi connectivity index (χ4n) is 4.72. The average Bonchev–Trinajstić information content (AvgIpc) is 3.40. The maximum atomic E-state index is 14.7. The molecule has 33 heavy (non-hydrogen) atoms. The van der Waals surface area contributed by atoms with Crippen LogP contribution in [-0.4, -0.2) is 55.8 Å². The molecule has 176 valence electrons. The molecule has 1 amide bonds. The predicted octanol–water partition coefficient (Wildman–Crippen LogP) is 5.20. The third kappa shape index (κ3) is 4.04. The Labute approximate surface area is 201 Å². The Morgan fingerprint density at radius 1 is 1.03 bits per heavy atom. The van der Waals surface area contributed by atoms with E-state index in [2.05, 4.69) is 15.1 Å². The largest absolute Gasteiger partial charge is 0.494 e. The van der Waals surface area contributed by atoms with Crippen LogP contribution in [0.15, 0.2) is 36.4 Å². The fourth-order valence-corrected chi connectivity index (χ4v) is 5.14. The number of carbonyl (C=O) groups is 1. The van der Waals surface area contributed by atoms with E-state index in [1.807, 2.05) is 12.1 Å². The molecule has 5 rings (SSSR count). The van der Waals surface area contributed by atoms with Gasteiger partial charge < -0.3 is 15.0 Å². The van der Waals surface area contributed by atoms with Crippen molar-refractivity contribution in [2.24, 2.45) is 0 Å². The van der Waals surface area contributed by atoms with Crippen LogP contribution in [0, 0.1) is 0 Å². The molecule has 3 aliphatic rings. The minimum atomic E-state index is -2.42. The summed E-state index contributed by atoms with van der Waals surface area (Å²) in [5, 5.41) is 3.64. The molecule has 2 unspecified atom stereocenters. The van der Waals surface area contributed by atoms with Crippen LogP contribution >= 0.6 is 23.2 Å². The lowest BCUT2D eigenvalue weighted by molar-refractivity contribution is -0.124. The summed E-state index contributed by atoms with van der Waals surface area (Å²) in [6.45, 7) is 5.19. The third-order valence-corrected chi connectivity index (χ3v) is 7.61. The van der Waals surface area contributed by atoms with Crippen LogP contribution in [0.1, 0.15) is 24.8 Å². The van der Waals surface area contributed by atoms with Crippen molar-refractivity contribution in [3.05, 3.63) is 52.0 Å². The molecule has 0 radical (unpaired) electrons. The number of hydrogen-bond donors (Lipinski definition) is 1. The lowest BCUT2D eigenvalue weighted by Gasteiger charge is -2.36. The zero-order valence-corrected chi connectivity index (χ0v) is 19.6. The van der Waals surface area contributed by atoms with Crippen LogP contribution in [0.5, 0.6) is 5.75 Å². The zero-order chi connectivity index (χ0) is 23.2. The Balaban J connectivity index is 1.05. The van der Waals surface area contributed by atoms with E-state index in [4.69, 9.17) is 27.9 Å². The molecule has 2 aliphatic heterocycles. The van der Waals surface area contributed by atoms with Gasteiger partial charge in [-0.15, -0.1) is 0 Å². The smallest absolute Gasteiger partial charge is 0.265 e. The number of alkyl halides is 2. The lowest BCUT2D eigenvalue weighted by Crippen LogP contribution is -2.46. The predicted molar refractivity (Wildman–Crippen MR) is 126 cm³/mol. The Morgan fingerprint density at radius 3 is 2.61 bits per heavy atom. The summed E-state index contributed by atoms with van der Waals surface area (Å²) in [4.78, 5) is 16.5. The monoisotopic (exact) mass is 495 g/mol. The number of piperazine rings is 1. The summed E-state index contributed by atoms with van der Waals surface area (Å²) in [5.41, 5.74) is -3.16. The van der Waals surface area contributed by atoms with Gasteiger partial charge in [0.05, 0.1) is 28.0 Å². The van der Waals surface area contributed by atoms with Crippen LogP contribution < -0.4 is 15.0 Å². The topological polar surface area (TPSA) is 44.8 Å². The van der Waals surface area contributed by atoms with E-state index in [1.165, 1.54) is 6.07 Å². The van der Waals surface area contributed by atoms with Crippen molar-refractivity contribution in [1.82, 2.24) is 4.90 Å². The summed E-state index contributed by atoms with van der Waals surface area (Å²) in [6, 6.07) is 10.4. The molecule has 5 nitrogen and oxygen atoms in total. The second kappa shape index (κ2) is 8.60. The van der Waals surface area contributed by atoms with E-state index in [-0.39, 0.29) is 5.56 Å². The summed E-state index contributed by atoms with van der Waals surface area (Å²) in [5.74, 6) is -0.371. The highest BCUT2D eigenvalue weighted by molar-refractivity contribution is 6.43. The summed E-state index contributed by atoms with van der Waals surface area (Å²) >= 11 is 12.5. The summed E-state index contributed by atoms with van der Waals surface area (Å²) in [7, 11) is 0. The second-order valence-corrected chi connectivity index (χ2v) is 9.68. The van der Waals surface area contributed by atoms with Crippen LogP contribution in [0.3, 0.4) is 0 Å². The first kappa shape index (κ1) is 22.7. The molecule has 2 heterocycles. The molecule has 1 saturated carbocycles. The van der Waals surface area contributed by atoms with Crippen molar-refractivity contribution >= 4 is 40.5 Å². The number of nitrogens with one attached hydrogen (secondary N) is 1. The normalized spacial score (nSPS) is 26.4. The number of benzene rings is 2. The van der Waals surface area contributed by atoms with E-state index < -0.39 is 23.7 Å². The number of carbonyl (C=O) groups excluding carboxylic acids is 1. The van der Waals surface area contributed by atoms with Crippen LogP contribution in [0.4, 0.5) is 20.2 Å². The number of fused-ring (bicyclic) bond motifs is 3. The standard InChI is InChI=1S/C24H25Cl2F2N3O2/c25-18-4-3-5-20(21(18)26)31-11-9-30(10-12-31)8-1-2-13-33-16-6-7-17-19(14-16)29-22(32)24(28)15-23(17,24)27/h3-7,14H,1-2,8-13,15H2,(H,29,32). The fraction of sp³-hybridized carbons (Fsp3) is 0.458.